The summed E-state index contributed by atoms with van der Waals surface area (Å²) in [5, 5.41) is 14.5. The van der Waals surface area contributed by atoms with E-state index in [1.807, 2.05) is 32.0 Å². The van der Waals surface area contributed by atoms with Gasteiger partial charge in [0.1, 0.15) is 0 Å². The molecule has 0 atom stereocenters. The Morgan fingerprint density at radius 1 is 1.24 bits per heavy atom. The highest BCUT2D eigenvalue weighted by atomic mass is 35.5. The fourth-order valence-electron chi connectivity index (χ4n) is 1.87. The van der Waals surface area contributed by atoms with Crippen LogP contribution in [0.25, 0.3) is 0 Å². The number of rotatable bonds is 8. The molecule has 2 amide bonds. The molecule has 134 valence electrons. The van der Waals surface area contributed by atoms with Crippen LogP contribution in [0, 0.1) is 5.92 Å². The van der Waals surface area contributed by atoms with Gasteiger partial charge in [-0.1, -0.05) is 66.7 Å². The van der Waals surface area contributed by atoms with Crippen LogP contribution in [0.1, 0.15) is 25.8 Å². The van der Waals surface area contributed by atoms with E-state index in [2.05, 4.69) is 20.8 Å². The SMILES string of the molecule is CC(C)CC(=O)Nc1nnc(SCC(=O)NCc2ccccc2Cl)s1. The molecule has 0 saturated carbocycles. The van der Waals surface area contributed by atoms with Gasteiger partial charge in [-0.05, 0) is 17.5 Å². The highest BCUT2D eigenvalue weighted by Crippen LogP contribution is 2.25. The zero-order valence-corrected chi connectivity index (χ0v) is 16.3. The minimum absolute atomic E-state index is 0.0832. The maximum Gasteiger partial charge on any atom is 0.230 e. The van der Waals surface area contributed by atoms with Gasteiger partial charge in [-0.3, -0.25) is 9.59 Å². The quantitative estimate of drug-likeness (QED) is 0.524. The molecule has 0 fully saturated rings. The van der Waals surface area contributed by atoms with Crippen LogP contribution in [0.3, 0.4) is 0 Å². The zero-order chi connectivity index (χ0) is 18.2. The monoisotopic (exact) mass is 398 g/mol. The van der Waals surface area contributed by atoms with Crippen molar-refractivity contribution in [1.29, 1.82) is 0 Å². The summed E-state index contributed by atoms with van der Waals surface area (Å²) in [5.41, 5.74) is 0.869. The molecule has 0 unspecified atom stereocenters. The van der Waals surface area contributed by atoms with E-state index >= 15 is 0 Å². The second-order valence-corrected chi connectivity index (χ2v) is 8.28. The van der Waals surface area contributed by atoms with Gasteiger partial charge in [0.2, 0.25) is 16.9 Å². The largest absolute Gasteiger partial charge is 0.351 e. The van der Waals surface area contributed by atoms with E-state index < -0.39 is 0 Å². The first-order valence-electron chi connectivity index (χ1n) is 7.70. The Bertz CT molecular complexity index is 736. The molecule has 0 spiro atoms. The molecule has 1 aromatic carbocycles. The molecule has 1 aromatic heterocycles. The van der Waals surface area contributed by atoms with Crippen LogP contribution < -0.4 is 10.6 Å². The predicted molar refractivity (Wildman–Crippen MR) is 102 cm³/mol. The van der Waals surface area contributed by atoms with Gasteiger partial charge in [0.05, 0.1) is 5.75 Å². The van der Waals surface area contributed by atoms with Gasteiger partial charge in [0, 0.05) is 18.0 Å². The van der Waals surface area contributed by atoms with E-state index in [0.29, 0.717) is 27.5 Å². The molecular weight excluding hydrogens is 380 g/mol. The van der Waals surface area contributed by atoms with E-state index in [1.54, 1.807) is 6.07 Å². The number of anilines is 1. The summed E-state index contributed by atoms with van der Waals surface area (Å²) >= 11 is 8.58. The molecule has 0 aliphatic rings. The van der Waals surface area contributed by atoms with Crippen LogP contribution in [0.2, 0.25) is 5.02 Å². The first-order chi connectivity index (χ1) is 11.9. The van der Waals surface area contributed by atoms with Crippen molar-refractivity contribution in [2.45, 2.75) is 31.2 Å². The molecule has 1 heterocycles. The molecule has 0 bridgehead atoms. The molecular formula is C16H19ClN4O2S2. The van der Waals surface area contributed by atoms with Crippen molar-refractivity contribution in [3.05, 3.63) is 34.9 Å². The third-order valence-corrected chi connectivity index (χ3v) is 5.35. The van der Waals surface area contributed by atoms with Crippen molar-refractivity contribution in [2.24, 2.45) is 5.92 Å². The second kappa shape index (κ2) is 9.74. The predicted octanol–water partition coefficient (Wildman–Crippen LogP) is 3.58. The van der Waals surface area contributed by atoms with Crippen LogP contribution in [-0.2, 0) is 16.1 Å². The summed E-state index contributed by atoms with van der Waals surface area (Å²) in [5.74, 6) is 0.299. The summed E-state index contributed by atoms with van der Waals surface area (Å²) in [6.07, 6.45) is 0.437. The number of nitrogens with one attached hydrogen (secondary N) is 2. The van der Waals surface area contributed by atoms with Gasteiger partial charge in [0.15, 0.2) is 4.34 Å². The number of amides is 2. The van der Waals surface area contributed by atoms with E-state index in [9.17, 15) is 9.59 Å². The highest BCUT2D eigenvalue weighted by molar-refractivity contribution is 8.01. The van der Waals surface area contributed by atoms with E-state index in [-0.39, 0.29) is 23.5 Å². The Labute approximate surface area is 159 Å². The number of aromatic nitrogens is 2. The van der Waals surface area contributed by atoms with Gasteiger partial charge in [-0.2, -0.15) is 0 Å². The van der Waals surface area contributed by atoms with Crippen molar-refractivity contribution in [3.63, 3.8) is 0 Å². The van der Waals surface area contributed by atoms with Gasteiger partial charge in [0.25, 0.3) is 0 Å². The molecule has 2 rings (SSSR count). The highest BCUT2D eigenvalue weighted by Gasteiger charge is 2.11. The summed E-state index contributed by atoms with van der Waals surface area (Å²) < 4.78 is 0.632. The summed E-state index contributed by atoms with van der Waals surface area (Å²) in [7, 11) is 0. The average Bonchev–Trinajstić information content (AvgIpc) is 2.98. The van der Waals surface area contributed by atoms with Crippen molar-refractivity contribution < 1.29 is 9.59 Å². The number of hydrogen-bond donors (Lipinski definition) is 2. The zero-order valence-electron chi connectivity index (χ0n) is 13.9. The average molecular weight is 399 g/mol. The van der Waals surface area contributed by atoms with Gasteiger partial charge in [-0.25, -0.2) is 0 Å². The Balaban J connectivity index is 1.75. The first kappa shape index (κ1) is 19.7. The molecule has 6 nitrogen and oxygen atoms in total. The molecule has 0 aliphatic heterocycles. The van der Waals surface area contributed by atoms with Crippen molar-refractivity contribution in [3.8, 4) is 0 Å². The van der Waals surface area contributed by atoms with Crippen LogP contribution in [0.4, 0.5) is 5.13 Å². The Morgan fingerprint density at radius 2 is 2.00 bits per heavy atom. The topological polar surface area (TPSA) is 84.0 Å². The van der Waals surface area contributed by atoms with Crippen molar-refractivity contribution in [2.75, 3.05) is 11.1 Å². The normalized spacial score (nSPS) is 10.7. The van der Waals surface area contributed by atoms with Crippen LogP contribution >= 0.6 is 34.7 Å². The smallest absolute Gasteiger partial charge is 0.230 e. The maximum absolute atomic E-state index is 11.9. The molecule has 0 radical (unpaired) electrons. The Hall–Kier alpha value is -1.64. The number of hydrogen-bond acceptors (Lipinski definition) is 6. The van der Waals surface area contributed by atoms with Gasteiger partial charge < -0.3 is 10.6 Å². The number of halogens is 1. The summed E-state index contributed by atoms with van der Waals surface area (Å²) in [6.45, 7) is 4.33. The maximum atomic E-state index is 11.9. The van der Waals surface area contributed by atoms with Gasteiger partial charge >= 0.3 is 0 Å². The van der Waals surface area contributed by atoms with Crippen molar-refractivity contribution in [1.82, 2.24) is 15.5 Å². The minimum atomic E-state index is -0.120. The number of carbonyl (C=O) groups is 2. The fourth-order valence-corrected chi connectivity index (χ4v) is 3.67. The van der Waals surface area contributed by atoms with Crippen LogP contribution in [-0.4, -0.2) is 27.8 Å². The summed E-state index contributed by atoms with van der Waals surface area (Å²) in [6, 6.07) is 7.37. The third-order valence-electron chi connectivity index (χ3n) is 3.01. The number of carbonyl (C=O) groups excluding carboxylic acids is 2. The van der Waals surface area contributed by atoms with E-state index in [1.165, 1.54) is 23.1 Å². The molecule has 25 heavy (non-hydrogen) atoms. The Morgan fingerprint density at radius 3 is 2.72 bits per heavy atom. The lowest BCUT2D eigenvalue weighted by molar-refractivity contribution is -0.119. The third kappa shape index (κ3) is 7.01. The van der Waals surface area contributed by atoms with Crippen molar-refractivity contribution >= 4 is 51.6 Å². The number of thioether (sulfide) groups is 1. The molecule has 0 aliphatic carbocycles. The number of benzene rings is 1. The van der Waals surface area contributed by atoms with E-state index in [4.69, 9.17) is 11.6 Å². The lowest BCUT2D eigenvalue weighted by Gasteiger charge is -2.06. The molecule has 2 N–H and O–H groups in total. The first-order valence-corrected chi connectivity index (χ1v) is 9.88. The van der Waals surface area contributed by atoms with Crippen LogP contribution in [0.15, 0.2) is 28.6 Å². The molecule has 2 aromatic rings. The van der Waals surface area contributed by atoms with Crippen LogP contribution in [0.5, 0.6) is 0 Å². The minimum Gasteiger partial charge on any atom is -0.351 e. The molecule has 9 heteroatoms. The fraction of sp³-hybridized carbons (Fsp3) is 0.375. The van der Waals surface area contributed by atoms with Gasteiger partial charge in [-0.15, -0.1) is 10.2 Å². The Kier molecular flexibility index (Phi) is 7.67. The standard InChI is InChI=1S/C16H19ClN4O2S2/c1-10(2)7-13(22)19-15-20-21-16(25-15)24-9-14(23)18-8-11-5-3-4-6-12(11)17/h3-6,10H,7-9H2,1-2H3,(H,18,23)(H,19,20,22). The summed E-state index contributed by atoms with van der Waals surface area (Å²) in [4.78, 5) is 23.6. The molecule has 0 saturated heterocycles. The lowest BCUT2D eigenvalue weighted by atomic mass is 10.1. The number of nitrogens with zero attached hydrogens (tertiary/aromatic N) is 2. The second-order valence-electron chi connectivity index (χ2n) is 5.68. The lowest BCUT2D eigenvalue weighted by Crippen LogP contribution is -2.24. The van der Waals surface area contributed by atoms with E-state index in [0.717, 1.165) is 5.56 Å².